The Morgan fingerprint density at radius 1 is 1.26 bits per heavy atom. The summed E-state index contributed by atoms with van der Waals surface area (Å²) in [5, 5.41) is 12.7. The highest BCUT2D eigenvalue weighted by molar-refractivity contribution is 5.22. The van der Waals surface area contributed by atoms with Crippen molar-refractivity contribution in [2.75, 3.05) is 26.3 Å². The molecule has 0 aliphatic rings. The first-order chi connectivity index (χ1) is 9.16. The van der Waals surface area contributed by atoms with Crippen LogP contribution in [0.25, 0.3) is 0 Å². The molecule has 0 heterocycles. The smallest absolute Gasteiger partial charge is 0.131 e. The van der Waals surface area contributed by atoms with Gasteiger partial charge in [0.15, 0.2) is 0 Å². The zero-order chi connectivity index (χ0) is 14.1. The van der Waals surface area contributed by atoms with Gasteiger partial charge in [0.25, 0.3) is 0 Å². The summed E-state index contributed by atoms with van der Waals surface area (Å²) in [6, 6.07) is 3.56. The molecule has 2 N–H and O–H groups in total. The number of aliphatic hydroxyl groups is 1. The lowest BCUT2D eigenvalue weighted by Gasteiger charge is -2.13. The van der Waals surface area contributed by atoms with Gasteiger partial charge < -0.3 is 15.2 Å². The number of aliphatic hydroxyl groups excluding tert-OH is 1. The van der Waals surface area contributed by atoms with Gasteiger partial charge >= 0.3 is 0 Å². The monoisotopic (exact) mass is 273 g/mol. The molecule has 1 aromatic rings. The van der Waals surface area contributed by atoms with Crippen LogP contribution in [-0.2, 0) is 4.74 Å². The minimum atomic E-state index is -1.18. The van der Waals surface area contributed by atoms with Crippen LogP contribution in [0.2, 0.25) is 0 Å². The minimum absolute atomic E-state index is 0.117. The standard InChI is InChI=1S/C14H21F2NO2/c1-2-8-19-9-4-7-17-10-13(18)14-11(15)5-3-6-12(14)16/h3,5-6,13,17-18H,2,4,7-10H2,1H3. The highest BCUT2D eigenvalue weighted by Gasteiger charge is 2.16. The fourth-order valence-electron chi connectivity index (χ4n) is 1.72. The quantitative estimate of drug-likeness (QED) is 0.679. The molecule has 19 heavy (non-hydrogen) atoms. The summed E-state index contributed by atoms with van der Waals surface area (Å²) in [4.78, 5) is 0. The van der Waals surface area contributed by atoms with Crippen molar-refractivity contribution < 1.29 is 18.6 Å². The van der Waals surface area contributed by atoms with Gasteiger partial charge in [-0.1, -0.05) is 13.0 Å². The van der Waals surface area contributed by atoms with E-state index in [1.54, 1.807) is 0 Å². The van der Waals surface area contributed by atoms with Crippen molar-refractivity contribution in [2.45, 2.75) is 25.9 Å². The third-order valence-corrected chi connectivity index (χ3v) is 2.66. The van der Waals surface area contributed by atoms with Gasteiger partial charge in [-0.2, -0.15) is 0 Å². The van der Waals surface area contributed by atoms with Crippen LogP contribution in [0.5, 0.6) is 0 Å². The Morgan fingerprint density at radius 3 is 2.58 bits per heavy atom. The SMILES string of the molecule is CCCOCCCNCC(O)c1c(F)cccc1F. The summed E-state index contributed by atoms with van der Waals surface area (Å²) in [5.74, 6) is -1.44. The maximum Gasteiger partial charge on any atom is 0.131 e. The zero-order valence-electron chi connectivity index (χ0n) is 11.2. The molecule has 5 heteroatoms. The molecule has 0 spiro atoms. The molecule has 3 nitrogen and oxygen atoms in total. The molecule has 0 saturated heterocycles. The van der Waals surface area contributed by atoms with Crippen LogP contribution < -0.4 is 5.32 Å². The van der Waals surface area contributed by atoms with Crippen molar-refractivity contribution >= 4 is 0 Å². The fraction of sp³-hybridized carbons (Fsp3) is 0.571. The molecule has 1 aromatic carbocycles. The van der Waals surface area contributed by atoms with Crippen molar-refractivity contribution in [3.8, 4) is 0 Å². The second kappa shape index (κ2) is 8.96. The summed E-state index contributed by atoms with van der Waals surface area (Å²) in [7, 11) is 0. The molecule has 1 atom stereocenters. The molecule has 1 rings (SSSR count). The van der Waals surface area contributed by atoms with Crippen LogP contribution in [-0.4, -0.2) is 31.4 Å². The molecule has 0 radical (unpaired) electrons. The zero-order valence-corrected chi connectivity index (χ0v) is 11.2. The molecule has 0 amide bonds. The molecule has 0 aliphatic carbocycles. The molecular formula is C14H21F2NO2. The number of hydrogen-bond acceptors (Lipinski definition) is 3. The van der Waals surface area contributed by atoms with Gasteiger partial charge in [0.2, 0.25) is 0 Å². The van der Waals surface area contributed by atoms with Gasteiger partial charge in [-0.05, 0) is 31.5 Å². The largest absolute Gasteiger partial charge is 0.387 e. The second-order valence-corrected chi connectivity index (χ2v) is 4.32. The van der Waals surface area contributed by atoms with Gasteiger partial charge in [0.05, 0.1) is 11.7 Å². The van der Waals surface area contributed by atoms with E-state index in [0.29, 0.717) is 13.2 Å². The molecule has 0 bridgehead atoms. The number of ether oxygens (including phenoxy) is 1. The average molecular weight is 273 g/mol. The lowest BCUT2D eigenvalue weighted by molar-refractivity contribution is 0.129. The summed E-state index contributed by atoms with van der Waals surface area (Å²) >= 11 is 0. The lowest BCUT2D eigenvalue weighted by Crippen LogP contribution is -2.24. The minimum Gasteiger partial charge on any atom is -0.387 e. The fourth-order valence-corrected chi connectivity index (χ4v) is 1.72. The van der Waals surface area contributed by atoms with Crippen molar-refractivity contribution in [3.05, 3.63) is 35.4 Å². The number of halogens is 2. The second-order valence-electron chi connectivity index (χ2n) is 4.32. The van der Waals surface area contributed by atoms with Crippen molar-refractivity contribution in [1.82, 2.24) is 5.32 Å². The third kappa shape index (κ3) is 5.63. The number of hydrogen-bond donors (Lipinski definition) is 2. The Morgan fingerprint density at radius 2 is 1.95 bits per heavy atom. The van der Waals surface area contributed by atoms with Gasteiger partial charge in [-0.25, -0.2) is 8.78 Å². The van der Waals surface area contributed by atoms with Crippen molar-refractivity contribution in [2.24, 2.45) is 0 Å². The van der Waals surface area contributed by atoms with Gasteiger partial charge in [-0.3, -0.25) is 0 Å². The number of nitrogens with one attached hydrogen (secondary N) is 1. The Balaban J connectivity index is 2.26. The van der Waals surface area contributed by atoms with Crippen LogP contribution in [0, 0.1) is 11.6 Å². The Labute approximate surface area is 112 Å². The first-order valence-corrected chi connectivity index (χ1v) is 6.57. The molecular weight excluding hydrogens is 252 g/mol. The van der Waals surface area contributed by atoms with E-state index < -0.39 is 17.7 Å². The Hall–Kier alpha value is -1.04. The highest BCUT2D eigenvalue weighted by Crippen LogP contribution is 2.19. The van der Waals surface area contributed by atoms with Crippen LogP contribution in [0.3, 0.4) is 0 Å². The Kier molecular flexibility index (Phi) is 7.55. The van der Waals surface area contributed by atoms with E-state index in [1.165, 1.54) is 6.07 Å². The van der Waals surface area contributed by atoms with Gasteiger partial charge in [-0.15, -0.1) is 0 Å². The number of benzene rings is 1. The van der Waals surface area contributed by atoms with Crippen LogP contribution in [0.15, 0.2) is 18.2 Å². The molecule has 0 saturated carbocycles. The van der Waals surface area contributed by atoms with Crippen molar-refractivity contribution in [1.29, 1.82) is 0 Å². The predicted molar refractivity (Wildman–Crippen MR) is 69.9 cm³/mol. The first-order valence-electron chi connectivity index (χ1n) is 6.57. The van der Waals surface area contributed by atoms with E-state index >= 15 is 0 Å². The maximum atomic E-state index is 13.4. The van der Waals surface area contributed by atoms with E-state index in [-0.39, 0.29) is 12.1 Å². The summed E-state index contributed by atoms with van der Waals surface area (Å²) in [5.41, 5.74) is -0.280. The molecule has 0 aromatic heterocycles. The summed E-state index contributed by atoms with van der Waals surface area (Å²) < 4.78 is 32.0. The number of rotatable bonds is 9. The highest BCUT2D eigenvalue weighted by atomic mass is 19.1. The van der Waals surface area contributed by atoms with Crippen molar-refractivity contribution in [3.63, 3.8) is 0 Å². The Bertz CT molecular complexity index is 354. The van der Waals surface area contributed by atoms with Gasteiger partial charge in [0, 0.05) is 19.8 Å². The van der Waals surface area contributed by atoms with Crippen LogP contribution in [0.4, 0.5) is 8.78 Å². The van der Waals surface area contributed by atoms with Gasteiger partial charge in [0.1, 0.15) is 11.6 Å². The molecule has 0 aliphatic heterocycles. The van der Waals surface area contributed by atoms with E-state index in [1.807, 2.05) is 6.92 Å². The normalized spacial score (nSPS) is 12.6. The van der Waals surface area contributed by atoms with E-state index in [9.17, 15) is 13.9 Å². The molecule has 0 fully saturated rings. The van der Waals surface area contributed by atoms with E-state index in [2.05, 4.69) is 5.32 Å². The molecule has 108 valence electrons. The van der Waals surface area contributed by atoms with Crippen LogP contribution >= 0.6 is 0 Å². The van der Waals surface area contributed by atoms with Crippen LogP contribution in [0.1, 0.15) is 31.4 Å². The third-order valence-electron chi connectivity index (χ3n) is 2.66. The van der Waals surface area contributed by atoms with E-state index in [0.717, 1.165) is 31.6 Å². The summed E-state index contributed by atoms with van der Waals surface area (Å²) in [6.07, 6.45) is 0.600. The topological polar surface area (TPSA) is 41.5 Å². The molecule has 1 unspecified atom stereocenters. The van der Waals surface area contributed by atoms with E-state index in [4.69, 9.17) is 4.74 Å². The predicted octanol–water partition coefficient (Wildman–Crippen LogP) is 2.40. The summed E-state index contributed by atoms with van der Waals surface area (Å²) in [6.45, 7) is 4.17. The lowest BCUT2D eigenvalue weighted by atomic mass is 10.1. The first kappa shape index (κ1) is 16.0. The average Bonchev–Trinajstić information content (AvgIpc) is 2.37. The maximum absolute atomic E-state index is 13.4.